The first kappa shape index (κ1) is 20.1. The first-order valence-corrected chi connectivity index (χ1v) is 10.6. The average Bonchev–Trinajstić information content (AvgIpc) is 3.15. The molecule has 1 heterocycles. The quantitative estimate of drug-likeness (QED) is 0.448. The molecular formula is C20H17FN2O3S2. The summed E-state index contributed by atoms with van der Waals surface area (Å²) in [5, 5.41) is 2.53. The summed E-state index contributed by atoms with van der Waals surface area (Å²) in [5.74, 6) is -0.569. The van der Waals surface area contributed by atoms with Gasteiger partial charge in [0.2, 0.25) is 10.0 Å². The van der Waals surface area contributed by atoms with Gasteiger partial charge in [0.1, 0.15) is 10.8 Å². The molecule has 28 heavy (non-hydrogen) atoms. The van der Waals surface area contributed by atoms with E-state index < -0.39 is 10.0 Å². The van der Waals surface area contributed by atoms with E-state index in [1.165, 1.54) is 67.9 Å². The summed E-state index contributed by atoms with van der Waals surface area (Å²) in [7, 11) is -0.630. The van der Waals surface area contributed by atoms with E-state index in [1.54, 1.807) is 23.6 Å². The Kier molecular flexibility index (Phi) is 5.83. The van der Waals surface area contributed by atoms with Gasteiger partial charge in [-0.15, -0.1) is 11.3 Å². The van der Waals surface area contributed by atoms with E-state index in [4.69, 9.17) is 0 Å². The number of hydrogen-bond acceptors (Lipinski definition) is 5. The van der Waals surface area contributed by atoms with Gasteiger partial charge >= 0.3 is 0 Å². The molecule has 0 spiro atoms. The molecule has 0 bridgehead atoms. The lowest BCUT2D eigenvalue weighted by Gasteiger charge is -2.11. The van der Waals surface area contributed by atoms with Crippen LogP contribution in [-0.4, -0.2) is 37.6 Å². The number of thiazole rings is 1. The van der Waals surface area contributed by atoms with Gasteiger partial charge in [0.05, 0.1) is 10.6 Å². The largest absolute Gasteiger partial charge is 0.289 e. The van der Waals surface area contributed by atoms with Crippen LogP contribution < -0.4 is 0 Å². The first-order valence-electron chi connectivity index (χ1n) is 8.24. The van der Waals surface area contributed by atoms with E-state index in [0.29, 0.717) is 11.3 Å². The minimum absolute atomic E-state index is 0.126. The van der Waals surface area contributed by atoms with Gasteiger partial charge < -0.3 is 0 Å². The number of ketones is 1. The Hall–Kier alpha value is -2.68. The summed E-state index contributed by atoms with van der Waals surface area (Å²) in [6.07, 6.45) is 2.98. The Morgan fingerprint density at radius 1 is 1.07 bits per heavy atom. The molecule has 0 aliphatic heterocycles. The zero-order valence-electron chi connectivity index (χ0n) is 15.2. The molecule has 0 saturated heterocycles. The lowest BCUT2D eigenvalue weighted by Crippen LogP contribution is -2.22. The van der Waals surface area contributed by atoms with Gasteiger partial charge in [-0.1, -0.05) is 0 Å². The number of allylic oxidation sites excluding steroid dienone is 1. The maximum atomic E-state index is 13.0. The zero-order valence-corrected chi connectivity index (χ0v) is 16.8. The molecule has 3 aromatic rings. The Morgan fingerprint density at radius 3 is 2.32 bits per heavy atom. The number of carbonyl (C=O) groups is 1. The number of hydrogen-bond donors (Lipinski definition) is 0. The topological polar surface area (TPSA) is 67.3 Å². The van der Waals surface area contributed by atoms with E-state index in [-0.39, 0.29) is 16.5 Å². The molecule has 0 amide bonds. The lowest BCUT2D eigenvalue weighted by atomic mass is 10.1. The van der Waals surface area contributed by atoms with Crippen LogP contribution in [-0.2, 0) is 10.0 Å². The third-order valence-electron chi connectivity index (χ3n) is 3.94. The summed E-state index contributed by atoms with van der Waals surface area (Å²) < 4.78 is 38.2. The van der Waals surface area contributed by atoms with E-state index in [0.717, 1.165) is 14.9 Å². The molecule has 5 nitrogen and oxygen atoms in total. The molecule has 0 fully saturated rings. The van der Waals surface area contributed by atoms with Gasteiger partial charge in [-0.05, 0) is 60.7 Å². The average molecular weight is 416 g/mol. The number of aromatic nitrogens is 1. The van der Waals surface area contributed by atoms with Crippen LogP contribution in [0, 0.1) is 5.82 Å². The minimum atomic E-state index is -3.53. The molecular weight excluding hydrogens is 399 g/mol. The van der Waals surface area contributed by atoms with Crippen molar-refractivity contribution in [1.29, 1.82) is 0 Å². The molecule has 2 aromatic carbocycles. The Bertz CT molecular complexity index is 1120. The summed E-state index contributed by atoms with van der Waals surface area (Å²) in [6, 6.07) is 11.8. The van der Waals surface area contributed by atoms with Crippen LogP contribution >= 0.6 is 11.3 Å². The maximum absolute atomic E-state index is 13.0. The molecule has 144 valence electrons. The molecule has 8 heteroatoms. The number of halogens is 1. The highest BCUT2D eigenvalue weighted by Crippen LogP contribution is 2.24. The number of benzene rings is 2. The van der Waals surface area contributed by atoms with Crippen LogP contribution in [0.3, 0.4) is 0 Å². The second-order valence-corrected chi connectivity index (χ2v) is 9.10. The Balaban J connectivity index is 1.73. The Labute approximate surface area is 166 Å². The van der Waals surface area contributed by atoms with Crippen molar-refractivity contribution in [3.8, 4) is 10.6 Å². The highest BCUT2D eigenvalue weighted by Gasteiger charge is 2.17. The molecule has 0 saturated carbocycles. The van der Waals surface area contributed by atoms with Crippen LogP contribution in [0.25, 0.3) is 16.6 Å². The minimum Gasteiger partial charge on any atom is -0.289 e. The van der Waals surface area contributed by atoms with E-state index in [2.05, 4.69) is 4.98 Å². The van der Waals surface area contributed by atoms with Crippen molar-refractivity contribution in [3.63, 3.8) is 0 Å². The summed E-state index contributed by atoms with van der Waals surface area (Å²) in [6.45, 7) is 0. The number of sulfonamides is 1. The highest BCUT2D eigenvalue weighted by molar-refractivity contribution is 7.89. The zero-order chi connectivity index (χ0) is 20.3. The van der Waals surface area contributed by atoms with Gasteiger partial charge in [0, 0.05) is 30.6 Å². The molecule has 3 rings (SSSR count). The van der Waals surface area contributed by atoms with Crippen molar-refractivity contribution in [3.05, 3.63) is 77.1 Å². The maximum Gasteiger partial charge on any atom is 0.242 e. The van der Waals surface area contributed by atoms with Crippen molar-refractivity contribution < 1.29 is 17.6 Å². The van der Waals surface area contributed by atoms with Crippen molar-refractivity contribution >= 4 is 33.2 Å². The molecule has 0 aliphatic carbocycles. The van der Waals surface area contributed by atoms with Crippen LogP contribution in [0.1, 0.15) is 16.1 Å². The molecule has 0 unspecified atom stereocenters. The second-order valence-electron chi connectivity index (χ2n) is 6.09. The monoisotopic (exact) mass is 416 g/mol. The van der Waals surface area contributed by atoms with Crippen LogP contribution in [0.5, 0.6) is 0 Å². The Morgan fingerprint density at radius 2 is 1.71 bits per heavy atom. The molecule has 0 radical (unpaired) electrons. The third kappa shape index (κ3) is 4.41. The number of nitrogens with zero attached hydrogens (tertiary/aromatic N) is 2. The van der Waals surface area contributed by atoms with E-state index >= 15 is 0 Å². The highest BCUT2D eigenvalue weighted by atomic mass is 32.2. The molecule has 0 aliphatic rings. The van der Waals surface area contributed by atoms with Gasteiger partial charge in [0.25, 0.3) is 0 Å². The van der Waals surface area contributed by atoms with Crippen molar-refractivity contribution in [2.75, 3.05) is 14.1 Å². The van der Waals surface area contributed by atoms with Gasteiger partial charge in [-0.2, -0.15) is 0 Å². The smallest absolute Gasteiger partial charge is 0.242 e. The van der Waals surface area contributed by atoms with Crippen LogP contribution in [0.2, 0.25) is 0 Å². The summed E-state index contributed by atoms with van der Waals surface area (Å²) >= 11 is 1.40. The fourth-order valence-electron chi connectivity index (χ4n) is 2.35. The lowest BCUT2D eigenvalue weighted by molar-refractivity contribution is 0.104. The molecule has 1 aromatic heterocycles. The summed E-state index contributed by atoms with van der Waals surface area (Å²) in [5.41, 5.74) is 1.79. The first-order chi connectivity index (χ1) is 13.3. The van der Waals surface area contributed by atoms with E-state index in [9.17, 15) is 17.6 Å². The van der Waals surface area contributed by atoms with Gasteiger partial charge in [-0.25, -0.2) is 22.1 Å². The number of rotatable bonds is 6. The van der Waals surface area contributed by atoms with Crippen molar-refractivity contribution in [1.82, 2.24) is 9.29 Å². The predicted molar refractivity (Wildman–Crippen MR) is 108 cm³/mol. The van der Waals surface area contributed by atoms with Crippen molar-refractivity contribution in [2.45, 2.75) is 4.90 Å². The predicted octanol–water partition coefficient (Wildman–Crippen LogP) is 4.10. The fraction of sp³-hybridized carbons (Fsp3) is 0.100. The molecule has 0 atom stereocenters. The van der Waals surface area contributed by atoms with Crippen LogP contribution in [0.15, 0.2) is 64.9 Å². The normalized spacial score (nSPS) is 12.0. The molecule has 0 N–H and O–H groups in total. The third-order valence-corrected chi connectivity index (χ3v) is 6.67. The van der Waals surface area contributed by atoms with Gasteiger partial charge in [-0.3, -0.25) is 4.79 Å². The van der Waals surface area contributed by atoms with Crippen molar-refractivity contribution in [2.24, 2.45) is 0 Å². The van der Waals surface area contributed by atoms with Gasteiger partial charge in [0.15, 0.2) is 5.78 Å². The summed E-state index contributed by atoms with van der Waals surface area (Å²) in [4.78, 5) is 16.9. The fourth-order valence-corrected chi connectivity index (χ4v) is 4.04. The SMILES string of the molecule is CN(C)S(=O)(=O)c1ccc(C(=O)/C=C/c2csc(-c3ccc(F)cc3)n2)cc1. The van der Waals surface area contributed by atoms with E-state index in [1.807, 2.05) is 0 Å². The second kappa shape index (κ2) is 8.14. The van der Waals surface area contributed by atoms with Crippen LogP contribution in [0.4, 0.5) is 4.39 Å². The number of carbonyl (C=O) groups excluding carboxylic acids is 1. The standard InChI is InChI=1S/C20H17FN2O3S2/c1-23(2)28(25,26)18-10-5-14(6-11-18)19(24)12-9-17-13-27-20(22-17)15-3-7-16(21)8-4-15/h3-13H,1-2H3/b12-9+.